The van der Waals surface area contributed by atoms with Gasteiger partial charge < -0.3 is 19.6 Å². The number of anilines is 1. The number of aliphatic carboxylic acids is 1. The maximum Gasteiger partial charge on any atom is 0.416 e. The molecule has 0 spiro atoms. The molecule has 1 N–H and O–H groups in total. The number of aromatic nitrogens is 2. The number of likely N-dealkylation sites (tertiary alicyclic amines) is 1. The molecule has 0 radical (unpaired) electrons. The van der Waals surface area contributed by atoms with Crippen LogP contribution in [0, 0.1) is 0 Å². The van der Waals surface area contributed by atoms with Crippen molar-refractivity contribution in [3.8, 4) is 0 Å². The number of carbonyl (C=O) groups is 2. The van der Waals surface area contributed by atoms with Gasteiger partial charge >= 0.3 is 24.4 Å². The highest BCUT2D eigenvalue weighted by molar-refractivity contribution is 5.70. The molecule has 48 heavy (non-hydrogen) atoms. The number of carbonyl (C=O) groups excluding carboxylic acids is 1. The van der Waals surface area contributed by atoms with Crippen molar-refractivity contribution in [2.24, 2.45) is 5.10 Å². The van der Waals surface area contributed by atoms with E-state index in [9.17, 15) is 35.9 Å². The van der Waals surface area contributed by atoms with E-state index in [4.69, 9.17) is 9.84 Å². The van der Waals surface area contributed by atoms with Crippen molar-refractivity contribution in [2.75, 3.05) is 25.1 Å². The molecule has 0 saturated carbocycles. The van der Waals surface area contributed by atoms with Gasteiger partial charge in [0.1, 0.15) is 0 Å². The second-order valence-electron chi connectivity index (χ2n) is 12.2. The first-order valence-corrected chi connectivity index (χ1v) is 15.9. The van der Waals surface area contributed by atoms with Crippen molar-refractivity contribution < 1.29 is 45.8 Å². The summed E-state index contributed by atoms with van der Waals surface area (Å²) in [4.78, 5) is 36.4. The number of nitrogens with zero attached hydrogens (tertiary/aromatic N) is 6. The lowest BCUT2D eigenvalue weighted by Gasteiger charge is -2.47. The number of hydrazone groups is 1. The fourth-order valence-electron chi connectivity index (χ4n) is 6.25. The quantitative estimate of drug-likeness (QED) is 0.189. The van der Waals surface area contributed by atoms with Gasteiger partial charge in [-0.25, -0.2) is 14.8 Å². The topological polar surface area (TPSA) is 111 Å². The average molecular weight is 687 g/mol. The minimum Gasteiger partial charge on any atom is -0.481 e. The standard InChI is InChI=1S/C32H40F6N6O4/c1-4-25-13-27(14-26(5-2)44(25)30(47)48-9-7-6-8-28(45)46)43(29-39-15-21(16-40-29)22-17-41-42(3)19-22)18-20-10-23(31(33,34)35)12-24(11-20)32(36,37)38/h10-12,15-17,22,25-27H,4-9,13-14,18-19H2,1-3H3,(H,45,46)/t22?,25-,26+,27?. The number of piperidine rings is 1. The monoisotopic (exact) mass is 686 g/mol. The number of benzene rings is 1. The van der Waals surface area contributed by atoms with Crippen LogP contribution in [0.3, 0.4) is 0 Å². The predicted molar refractivity (Wildman–Crippen MR) is 164 cm³/mol. The number of unbranched alkanes of at least 4 members (excludes halogenated alkanes) is 1. The Bertz CT molecular complexity index is 1390. The lowest BCUT2D eigenvalue weighted by atomic mass is 9.87. The summed E-state index contributed by atoms with van der Waals surface area (Å²) in [7, 11) is 1.81. The second kappa shape index (κ2) is 15.4. The van der Waals surface area contributed by atoms with Crippen LogP contribution in [0.1, 0.15) is 87.0 Å². The van der Waals surface area contributed by atoms with Gasteiger partial charge in [0, 0.05) is 69.2 Å². The first-order valence-electron chi connectivity index (χ1n) is 15.9. The minimum absolute atomic E-state index is 0.0430. The van der Waals surface area contributed by atoms with E-state index in [0.29, 0.717) is 57.2 Å². The first kappa shape index (κ1) is 36.7. The van der Waals surface area contributed by atoms with Gasteiger partial charge in [-0.05, 0) is 67.9 Å². The van der Waals surface area contributed by atoms with Crippen molar-refractivity contribution in [2.45, 2.75) is 102 Å². The molecule has 16 heteroatoms. The van der Waals surface area contributed by atoms with Crippen LogP contribution in [-0.2, 0) is 28.4 Å². The lowest BCUT2D eigenvalue weighted by Crippen LogP contribution is -2.57. The molecule has 0 bridgehead atoms. The van der Waals surface area contributed by atoms with E-state index < -0.39 is 41.6 Å². The van der Waals surface area contributed by atoms with Gasteiger partial charge in [-0.2, -0.15) is 31.4 Å². The third-order valence-electron chi connectivity index (χ3n) is 8.73. The van der Waals surface area contributed by atoms with Crippen LogP contribution < -0.4 is 4.90 Å². The number of rotatable bonds is 12. The number of likely N-dealkylation sites (N-methyl/N-ethyl adjacent to an activating group) is 1. The Labute approximate surface area is 274 Å². The third kappa shape index (κ3) is 9.28. The lowest BCUT2D eigenvalue weighted by molar-refractivity contribution is -0.143. The van der Waals surface area contributed by atoms with E-state index in [1.165, 1.54) is 0 Å². The molecule has 4 atom stereocenters. The molecule has 1 aromatic carbocycles. The number of halogens is 6. The van der Waals surface area contributed by atoms with Crippen LogP contribution in [0.15, 0.2) is 35.7 Å². The fourth-order valence-corrected chi connectivity index (χ4v) is 6.25. The van der Waals surface area contributed by atoms with Crippen molar-refractivity contribution in [1.29, 1.82) is 0 Å². The van der Waals surface area contributed by atoms with Crippen LogP contribution >= 0.6 is 0 Å². The summed E-state index contributed by atoms with van der Waals surface area (Å²) in [6.45, 7) is 4.06. The highest BCUT2D eigenvalue weighted by Crippen LogP contribution is 2.38. The van der Waals surface area contributed by atoms with Crippen LogP contribution in [0.2, 0.25) is 0 Å². The molecule has 2 aromatic rings. The fraction of sp³-hybridized carbons (Fsp3) is 0.594. The van der Waals surface area contributed by atoms with E-state index in [-0.39, 0.29) is 55.2 Å². The van der Waals surface area contributed by atoms with Crippen LogP contribution in [-0.4, -0.2) is 81.6 Å². The zero-order chi connectivity index (χ0) is 35.2. The van der Waals surface area contributed by atoms with Gasteiger partial charge in [-0.3, -0.25) is 9.80 Å². The molecular formula is C32H40F6N6O4. The van der Waals surface area contributed by atoms with Crippen molar-refractivity contribution in [3.05, 3.63) is 52.8 Å². The number of amides is 1. The van der Waals surface area contributed by atoms with Gasteiger partial charge in [0.15, 0.2) is 0 Å². The third-order valence-corrected chi connectivity index (χ3v) is 8.73. The maximum absolute atomic E-state index is 13.8. The molecule has 2 aliphatic heterocycles. The average Bonchev–Trinajstić information content (AvgIpc) is 3.47. The van der Waals surface area contributed by atoms with Crippen LogP contribution in [0.25, 0.3) is 0 Å². The molecule has 264 valence electrons. The Kier molecular flexibility index (Phi) is 11.8. The van der Waals surface area contributed by atoms with E-state index in [1.807, 2.05) is 20.9 Å². The molecule has 2 aliphatic rings. The summed E-state index contributed by atoms with van der Waals surface area (Å²) in [5.41, 5.74) is -2.28. The Balaban J connectivity index is 1.66. The summed E-state index contributed by atoms with van der Waals surface area (Å²) in [5.74, 6) is -0.886. The zero-order valence-corrected chi connectivity index (χ0v) is 27.0. The van der Waals surface area contributed by atoms with Crippen molar-refractivity contribution >= 4 is 24.2 Å². The van der Waals surface area contributed by atoms with Crippen molar-refractivity contribution in [3.63, 3.8) is 0 Å². The normalized spacial score (nSPS) is 21.4. The Hall–Kier alpha value is -4.11. The van der Waals surface area contributed by atoms with E-state index in [2.05, 4.69) is 15.1 Å². The van der Waals surface area contributed by atoms with Crippen molar-refractivity contribution in [1.82, 2.24) is 19.9 Å². The highest BCUT2D eigenvalue weighted by atomic mass is 19.4. The molecule has 2 unspecified atom stereocenters. The summed E-state index contributed by atoms with van der Waals surface area (Å²) in [5, 5.41) is 14.8. The minimum atomic E-state index is -5.01. The van der Waals surface area contributed by atoms with E-state index in [1.54, 1.807) is 33.4 Å². The summed E-state index contributed by atoms with van der Waals surface area (Å²) in [6.07, 6.45) is -3.28. The smallest absolute Gasteiger partial charge is 0.416 e. The zero-order valence-electron chi connectivity index (χ0n) is 27.0. The van der Waals surface area contributed by atoms with E-state index >= 15 is 0 Å². The van der Waals surface area contributed by atoms with Gasteiger partial charge in [-0.1, -0.05) is 13.8 Å². The molecule has 1 saturated heterocycles. The molecule has 1 amide bonds. The number of hydrogen-bond acceptors (Lipinski definition) is 8. The number of carboxylic acids is 1. The number of alkyl halides is 6. The molecule has 4 rings (SSSR count). The SMILES string of the molecule is CC[C@@H]1CC(N(Cc2cc(C(F)(F)F)cc(C(F)(F)F)c2)c2ncc(C3C=NN(C)C3)cn2)C[C@H](CC)N1C(=O)OCCCCC(=O)O. The Morgan fingerprint density at radius 1 is 0.958 bits per heavy atom. The van der Waals surface area contributed by atoms with Gasteiger partial charge in [0.2, 0.25) is 5.95 Å². The van der Waals surface area contributed by atoms with Crippen LogP contribution in [0.4, 0.5) is 37.1 Å². The predicted octanol–water partition coefficient (Wildman–Crippen LogP) is 6.95. The van der Waals surface area contributed by atoms with Gasteiger partial charge in [0.25, 0.3) is 0 Å². The maximum atomic E-state index is 13.8. The molecule has 3 heterocycles. The molecular weight excluding hydrogens is 646 g/mol. The molecule has 10 nitrogen and oxygen atoms in total. The second-order valence-corrected chi connectivity index (χ2v) is 12.2. The van der Waals surface area contributed by atoms with Gasteiger partial charge in [-0.15, -0.1) is 0 Å². The molecule has 0 aliphatic carbocycles. The Morgan fingerprint density at radius 3 is 2.02 bits per heavy atom. The van der Waals surface area contributed by atoms with E-state index in [0.717, 1.165) is 5.56 Å². The number of hydrogen-bond donors (Lipinski definition) is 1. The number of ether oxygens (including phenoxy) is 1. The van der Waals surface area contributed by atoms with Crippen LogP contribution in [0.5, 0.6) is 0 Å². The molecule has 1 fully saturated rings. The van der Waals surface area contributed by atoms with Gasteiger partial charge in [0.05, 0.1) is 17.7 Å². The summed E-state index contributed by atoms with van der Waals surface area (Å²) in [6, 6.07) is 0.359. The Morgan fingerprint density at radius 2 is 1.54 bits per heavy atom. The first-order chi connectivity index (χ1) is 22.6. The number of carboxylic acid groups (broad SMARTS) is 1. The summed E-state index contributed by atoms with van der Waals surface area (Å²) < 4.78 is 88.0. The highest BCUT2D eigenvalue weighted by Gasteiger charge is 2.41. The molecule has 1 aromatic heterocycles. The summed E-state index contributed by atoms with van der Waals surface area (Å²) >= 11 is 0. The largest absolute Gasteiger partial charge is 0.481 e.